The van der Waals surface area contributed by atoms with Crippen molar-refractivity contribution in [3.05, 3.63) is 64.9 Å². The topological polar surface area (TPSA) is 61.5 Å². The number of thioether (sulfide) groups is 1. The summed E-state index contributed by atoms with van der Waals surface area (Å²) in [5.41, 5.74) is 1.98. The molecule has 0 saturated carbocycles. The van der Waals surface area contributed by atoms with Crippen LogP contribution in [0.5, 0.6) is 11.5 Å². The number of ether oxygens (including phenoxy) is 2. The molecule has 0 bridgehead atoms. The minimum absolute atomic E-state index is 0.607. The van der Waals surface area contributed by atoms with Crippen LogP contribution in [-0.4, -0.2) is 34.8 Å². The Morgan fingerprint density at radius 3 is 2.79 bits per heavy atom. The monoisotopic (exact) mass is 416 g/mol. The molecule has 0 atom stereocenters. The van der Waals surface area contributed by atoms with E-state index in [1.807, 2.05) is 42.5 Å². The lowest BCUT2D eigenvalue weighted by atomic mass is 10.2. The molecule has 2 aromatic carbocycles. The lowest BCUT2D eigenvalue weighted by molar-refractivity contribution is 0.294. The molecule has 0 aliphatic carbocycles. The van der Waals surface area contributed by atoms with Crippen LogP contribution >= 0.6 is 23.4 Å². The minimum atomic E-state index is 0.607. The lowest BCUT2D eigenvalue weighted by Gasteiger charge is -2.12. The van der Waals surface area contributed by atoms with Gasteiger partial charge >= 0.3 is 0 Å². The number of aromatic nitrogens is 3. The summed E-state index contributed by atoms with van der Waals surface area (Å²) in [7, 11) is 1.63. The summed E-state index contributed by atoms with van der Waals surface area (Å²) in [5.74, 6) is 2.10. The van der Waals surface area contributed by atoms with Gasteiger partial charge in [-0.25, -0.2) is 0 Å². The van der Waals surface area contributed by atoms with Crippen LogP contribution < -0.4 is 9.47 Å². The summed E-state index contributed by atoms with van der Waals surface area (Å²) in [6.07, 6.45) is 4.21. The third-order valence-electron chi connectivity index (χ3n) is 3.78. The van der Waals surface area contributed by atoms with E-state index in [4.69, 9.17) is 21.1 Å². The number of halogens is 1. The average Bonchev–Trinajstić information content (AvgIpc) is 3.17. The highest BCUT2D eigenvalue weighted by Crippen LogP contribution is 2.30. The van der Waals surface area contributed by atoms with E-state index in [1.165, 1.54) is 0 Å². The molecular weight excluding hydrogens is 396 g/mol. The van der Waals surface area contributed by atoms with E-state index in [1.54, 1.807) is 36.1 Å². The Hall–Kier alpha value is -2.51. The highest BCUT2D eigenvalue weighted by Gasteiger charge is 2.10. The fourth-order valence-corrected chi connectivity index (χ4v) is 3.35. The quantitative estimate of drug-likeness (QED) is 0.366. The van der Waals surface area contributed by atoms with Gasteiger partial charge in [0.2, 0.25) is 5.16 Å². The second kappa shape index (κ2) is 10.1. The van der Waals surface area contributed by atoms with Crippen molar-refractivity contribution in [1.29, 1.82) is 0 Å². The molecular formula is C20H21ClN4O2S. The average molecular weight is 417 g/mol. The standard InChI is InChI=1S/C20H21ClN4O2S/c1-3-11-27-19-16(5-4-6-18(19)26-2)12-23-25-14-22-24-20(25)28-13-15-7-9-17(21)10-8-15/h4-10,12,14H,3,11,13H2,1-2H3/b23-12+. The summed E-state index contributed by atoms with van der Waals surface area (Å²) >= 11 is 7.48. The molecule has 28 heavy (non-hydrogen) atoms. The van der Waals surface area contributed by atoms with E-state index in [9.17, 15) is 0 Å². The zero-order chi connectivity index (χ0) is 19.8. The van der Waals surface area contributed by atoms with Crippen molar-refractivity contribution in [3.8, 4) is 11.5 Å². The highest BCUT2D eigenvalue weighted by molar-refractivity contribution is 7.98. The van der Waals surface area contributed by atoms with Crippen molar-refractivity contribution in [2.45, 2.75) is 24.3 Å². The molecule has 146 valence electrons. The van der Waals surface area contributed by atoms with Gasteiger partial charge in [0.1, 0.15) is 6.33 Å². The molecule has 3 rings (SSSR count). The maximum atomic E-state index is 5.93. The van der Waals surface area contributed by atoms with Gasteiger partial charge in [-0.05, 0) is 36.2 Å². The molecule has 0 saturated heterocycles. The molecule has 0 aliphatic heterocycles. The minimum Gasteiger partial charge on any atom is -0.493 e. The molecule has 1 heterocycles. The smallest absolute Gasteiger partial charge is 0.212 e. The zero-order valence-corrected chi connectivity index (χ0v) is 17.3. The van der Waals surface area contributed by atoms with Gasteiger partial charge in [0.05, 0.1) is 19.9 Å². The van der Waals surface area contributed by atoms with Gasteiger partial charge in [-0.1, -0.05) is 48.5 Å². The maximum Gasteiger partial charge on any atom is 0.212 e. The van der Waals surface area contributed by atoms with Gasteiger partial charge < -0.3 is 9.47 Å². The molecule has 1 aromatic heterocycles. The van der Waals surface area contributed by atoms with Crippen LogP contribution in [0.2, 0.25) is 5.02 Å². The van der Waals surface area contributed by atoms with Crippen molar-refractivity contribution in [3.63, 3.8) is 0 Å². The van der Waals surface area contributed by atoms with Crippen LogP contribution in [-0.2, 0) is 5.75 Å². The first-order chi connectivity index (χ1) is 13.7. The number of hydrogen-bond donors (Lipinski definition) is 0. The molecule has 0 unspecified atom stereocenters. The van der Waals surface area contributed by atoms with Crippen LogP contribution in [0.4, 0.5) is 0 Å². The van der Waals surface area contributed by atoms with Crippen LogP contribution in [0.1, 0.15) is 24.5 Å². The number of methoxy groups -OCH3 is 1. The van der Waals surface area contributed by atoms with E-state index < -0.39 is 0 Å². The number of para-hydroxylation sites is 1. The molecule has 0 amide bonds. The first-order valence-electron chi connectivity index (χ1n) is 8.82. The van der Waals surface area contributed by atoms with Gasteiger partial charge in [-0.15, -0.1) is 10.2 Å². The largest absolute Gasteiger partial charge is 0.493 e. The molecule has 8 heteroatoms. The van der Waals surface area contributed by atoms with E-state index in [2.05, 4.69) is 22.2 Å². The van der Waals surface area contributed by atoms with Crippen molar-refractivity contribution in [2.24, 2.45) is 5.10 Å². The van der Waals surface area contributed by atoms with Gasteiger partial charge in [0.25, 0.3) is 0 Å². The third-order valence-corrected chi connectivity index (χ3v) is 5.04. The number of nitrogens with zero attached hydrogens (tertiary/aromatic N) is 4. The first-order valence-corrected chi connectivity index (χ1v) is 10.2. The van der Waals surface area contributed by atoms with Crippen molar-refractivity contribution >= 4 is 29.6 Å². The summed E-state index contributed by atoms with van der Waals surface area (Å²) in [6, 6.07) is 13.4. The van der Waals surface area contributed by atoms with E-state index in [0.29, 0.717) is 23.3 Å². The molecule has 6 nitrogen and oxygen atoms in total. The fourth-order valence-electron chi connectivity index (χ4n) is 2.40. The molecule has 0 spiro atoms. The van der Waals surface area contributed by atoms with Crippen LogP contribution in [0, 0.1) is 0 Å². The number of rotatable bonds is 9. The fraction of sp³-hybridized carbons (Fsp3) is 0.250. The summed E-state index contributed by atoms with van der Waals surface area (Å²) < 4.78 is 12.9. The molecule has 0 N–H and O–H groups in total. The third kappa shape index (κ3) is 5.27. The van der Waals surface area contributed by atoms with Crippen LogP contribution in [0.3, 0.4) is 0 Å². The van der Waals surface area contributed by atoms with Gasteiger partial charge in [-0.2, -0.15) is 9.78 Å². The van der Waals surface area contributed by atoms with Gasteiger partial charge in [0.15, 0.2) is 11.5 Å². The zero-order valence-electron chi connectivity index (χ0n) is 15.7. The van der Waals surface area contributed by atoms with E-state index >= 15 is 0 Å². The summed E-state index contributed by atoms with van der Waals surface area (Å²) in [4.78, 5) is 0. The van der Waals surface area contributed by atoms with Crippen molar-refractivity contribution in [2.75, 3.05) is 13.7 Å². The molecule has 0 aliphatic rings. The van der Waals surface area contributed by atoms with Gasteiger partial charge in [-0.3, -0.25) is 0 Å². The molecule has 0 radical (unpaired) electrons. The Bertz CT molecular complexity index is 928. The van der Waals surface area contributed by atoms with Crippen LogP contribution in [0.15, 0.2) is 59.0 Å². The van der Waals surface area contributed by atoms with Crippen LogP contribution in [0.25, 0.3) is 0 Å². The predicted molar refractivity (Wildman–Crippen MR) is 113 cm³/mol. The number of benzene rings is 2. The Labute approximate surface area is 173 Å². The first kappa shape index (κ1) is 20.2. The molecule has 0 fully saturated rings. The maximum absolute atomic E-state index is 5.93. The second-order valence-electron chi connectivity index (χ2n) is 5.84. The summed E-state index contributed by atoms with van der Waals surface area (Å²) in [5, 5.41) is 14.0. The highest BCUT2D eigenvalue weighted by atomic mass is 35.5. The Morgan fingerprint density at radius 1 is 1.21 bits per heavy atom. The lowest BCUT2D eigenvalue weighted by Crippen LogP contribution is -2.02. The Balaban J connectivity index is 1.75. The second-order valence-corrected chi connectivity index (χ2v) is 7.22. The number of hydrogen-bond acceptors (Lipinski definition) is 6. The predicted octanol–water partition coefficient (Wildman–Crippen LogP) is 4.90. The SMILES string of the molecule is CCCOc1c(/C=N/n2cnnc2SCc2ccc(Cl)cc2)cccc1OC. The molecule has 3 aromatic rings. The van der Waals surface area contributed by atoms with E-state index in [-0.39, 0.29) is 0 Å². The van der Waals surface area contributed by atoms with Gasteiger partial charge in [0, 0.05) is 16.3 Å². The van der Waals surface area contributed by atoms with Crippen molar-refractivity contribution in [1.82, 2.24) is 14.9 Å². The Kier molecular flexibility index (Phi) is 7.33. The summed E-state index contributed by atoms with van der Waals surface area (Å²) in [6.45, 7) is 2.67. The van der Waals surface area contributed by atoms with Crippen molar-refractivity contribution < 1.29 is 9.47 Å². The van der Waals surface area contributed by atoms with E-state index in [0.717, 1.165) is 28.3 Å². The normalized spacial score (nSPS) is 11.1. The Morgan fingerprint density at radius 2 is 2.04 bits per heavy atom.